The summed E-state index contributed by atoms with van der Waals surface area (Å²) in [5.41, 5.74) is 0.436. The first kappa shape index (κ1) is 26.9. The molecule has 7 heteroatoms. The first-order valence-corrected chi connectivity index (χ1v) is 12.8. The highest BCUT2D eigenvalue weighted by Crippen LogP contribution is 2.40. The zero-order valence-electron chi connectivity index (χ0n) is 20.5. The number of rotatable bonds is 12. The van der Waals surface area contributed by atoms with Gasteiger partial charge in [0.25, 0.3) is 11.7 Å². The molecule has 188 valence electrons. The number of benzene rings is 2. The minimum absolute atomic E-state index is 0.101. The highest BCUT2D eigenvalue weighted by atomic mass is 35.5. The van der Waals surface area contributed by atoms with E-state index in [2.05, 4.69) is 18.7 Å². The first-order valence-electron chi connectivity index (χ1n) is 12.4. The van der Waals surface area contributed by atoms with Crippen LogP contribution in [0.15, 0.2) is 54.1 Å². The summed E-state index contributed by atoms with van der Waals surface area (Å²) in [6, 6.07) is 11.4. The van der Waals surface area contributed by atoms with Gasteiger partial charge in [0, 0.05) is 22.7 Å². The van der Waals surface area contributed by atoms with E-state index in [1.165, 1.54) is 11.0 Å². The number of aliphatic hydroxyl groups excluding tert-OH is 1. The summed E-state index contributed by atoms with van der Waals surface area (Å²) in [6.45, 7) is 7.37. The number of hydrogen-bond acceptors (Lipinski definition) is 4. The Labute approximate surface area is 212 Å². The van der Waals surface area contributed by atoms with Crippen LogP contribution in [0.25, 0.3) is 5.76 Å². The van der Waals surface area contributed by atoms with E-state index in [4.69, 9.17) is 11.6 Å². The molecule has 1 atom stereocenters. The third-order valence-corrected chi connectivity index (χ3v) is 6.64. The van der Waals surface area contributed by atoms with Gasteiger partial charge in [0.2, 0.25) is 0 Å². The molecular weight excluding hydrogens is 467 g/mol. The Hall–Kier alpha value is -2.70. The molecule has 2 aromatic carbocycles. The molecule has 35 heavy (non-hydrogen) atoms. The number of amides is 1. The Morgan fingerprint density at radius 1 is 0.971 bits per heavy atom. The molecule has 0 unspecified atom stereocenters. The molecule has 1 amide bonds. The number of hydrogen-bond donors (Lipinski definition) is 1. The Morgan fingerprint density at radius 2 is 1.57 bits per heavy atom. The predicted molar refractivity (Wildman–Crippen MR) is 138 cm³/mol. The van der Waals surface area contributed by atoms with Crippen LogP contribution in [-0.2, 0) is 9.59 Å². The van der Waals surface area contributed by atoms with Crippen LogP contribution in [0.3, 0.4) is 0 Å². The SMILES string of the molecule is CCCCN(CCCC)CCCN1C(=O)C(=O)C(=C(O)c2ccc(Cl)cc2)[C@H]1c1ccccc1F. The molecule has 5 nitrogen and oxygen atoms in total. The van der Waals surface area contributed by atoms with Crippen molar-refractivity contribution in [3.63, 3.8) is 0 Å². The number of aliphatic hydroxyl groups is 1. The Bertz CT molecular complexity index is 1050. The largest absolute Gasteiger partial charge is 0.507 e. The molecule has 0 aliphatic carbocycles. The van der Waals surface area contributed by atoms with Crippen LogP contribution in [0.5, 0.6) is 0 Å². The van der Waals surface area contributed by atoms with Gasteiger partial charge in [-0.15, -0.1) is 0 Å². The summed E-state index contributed by atoms with van der Waals surface area (Å²) in [7, 11) is 0. The normalized spacial score (nSPS) is 17.5. The van der Waals surface area contributed by atoms with Gasteiger partial charge in [-0.05, 0) is 69.2 Å². The molecule has 1 fully saturated rings. The summed E-state index contributed by atoms with van der Waals surface area (Å²) >= 11 is 5.96. The first-order chi connectivity index (χ1) is 16.9. The fraction of sp³-hybridized carbons (Fsp3) is 0.429. The average molecular weight is 501 g/mol. The second-order valence-corrected chi connectivity index (χ2v) is 9.36. The third-order valence-electron chi connectivity index (χ3n) is 6.39. The molecule has 2 aromatic rings. The van der Waals surface area contributed by atoms with Crippen LogP contribution < -0.4 is 0 Å². The number of likely N-dealkylation sites (tertiary alicyclic amines) is 1. The maximum Gasteiger partial charge on any atom is 0.295 e. The van der Waals surface area contributed by atoms with Crippen molar-refractivity contribution < 1.29 is 19.1 Å². The van der Waals surface area contributed by atoms with Gasteiger partial charge in [-0.1, -0.05) is 56.5 Å². The fourth-order valence-electron chi connectivity index (χ4n) is 4.46. The molecule has 0 bridgehead atoms. The monoisotopic (exact) mass is 500 g/mol. The van der Waals surface area contributed by atoms with Crippen molar-refractivity contribution in [1.29, 1.82) is 0 Å². The average Bonchev–Trinajstić information content (AvgIpc) is 3.10. The molecule has 0 spiro atoms. The zero-order valence-corrected chi connectivity index (χ0v) is 21.2. The molecule has 3 rings (SSSR count). The smallest absolute Gasteiger partial charge is 0.295 e. The van der Waals surface area contributed by atoms with E-state index in [1.807, 2.05) is 0 Å². The molecule has 1 N–H and O–H groups in total. The highest BCUT2D eigenvalue weighted by Gasteiger charge is 2.46. The van der Waals surface area contributed by atoms with Crippen LogP contribution in [0, 0.1) is 5.82 Å². The van der Waals surface area contributed by atoms with Crippen LogP contribution in [0.2, 0.25) is 5.02 Å². The quantitative estimate of drug-likeness (QED) is 0.214. The van der Waals surface area contributed by atoms with Crippen molar-refractivity contribution in [2.45, 2.75) is 52.0 Å². The maximum absolute atomic E-state index is 14.9. The van der Waals surface area contributed by atoms with Gasteiger partial charge < -0.3 is 14.9 Å². The number of nitrogens with zero attached hydrogens (tertiary/aromatic N) is 2. The molecule has 0 saturated carbocycles. The summed E-state index contributed by atoms with van der Waals surface area (Å²) in [6.07, 6.45) is 5.06. The summed E-state index contributed by atoms with van der Waals surface area (Å²) in [5, 5.41) is 11.5. The van der Waals surface area contributed by atoms with Crippen molar-refractivity contribution in [3.05, 3.63) is 76.1 Å². The van der Waals surface area contributed by atoms with Gasteiger partial charge in [-0.2, -0.15) is 0 Å². The molecule has 1 heterocycles. The standard InChI is InChI=1S/C28H34ClFN2O3/c1-3-5-16-31(17-6-4-2)18-9-19-32-25(22-10-7-8-11-23(22)30)24(27(34)28(32)35)26(33)20-12-14-21(29)15-13-20/h7-8,10-15,25,33H,3-6,9,16-19H2,1-2H3/t25-/m1/s1. The van der Waals surface area contributed by atoms with Crippen molar-refractivity contribution in [2.24, 2.45) is 0 Å². The van der Waals surface area contributed by atoms with Crippen LogP contribution in [-0.4, -0.2) is 52.8 Å². The summed E-state index contributed by atoms with van der Waals surface area (Å²) in [5.74, 6) is -2.39. The molecule has 1 aliphatic rings. The molecule has 0 aromatic heterocycles. The highest BCUT2D eigenvalue weighted by molar-refractivity contribution is 6.46. The van der Waals surface area contributed by atoms with Crippen LogP contribution in [0.1, 0.15) is 63.1 Å². The lowest BCUT2D eigenvalue weighted by atomic mass is 9.95. The molecule has 1 aliphatic heterocycles. The molecular formula is C28H34ClFN2O3. The Morgan fingerprint density at radius 3 is 2.17 bits per heavy atom. The Balaban J connectivity index is 1.92. The van der Waals surface area contributed by atoms with Crippen molar-refractivity contribution >= 4 is 29.1 Å². The Kier molecular flexibility index (Phi) is 9.87. The lowest BCUT2D eigenvalue weighted by Gasteiger charge is -2.27. The zero-order chi connectivity index (χ0) is 25.4. The molecule has 0 radical (unpaired) electrons. The van der Waals surface area contributed by atoms with Crippen molar-refractivity contribution in [2.75, 3.05) is 26.2 Å². The van der Waals surface area contributed by atoms with E-state index >= 15 is 0 Å². The number of halogens is 2. The van der Waals surface area contributed by atoms with Gasteiger partial charge in [0.15, 0.2) is 0 Å². The van der Waals surface area contributed by atoms with Crippen molar-refractivity contribution in [1.82, 2.24) is 9.80 Å². The van der Waals surface area contributed by atoms with Gasteiger partial charge in [0.05, 0.1) is 11.6 Å². The third kappa shape index (κ3) is 6.50. The van der Waals surface area contributed by atoms with Crippen LogP contribution in [0.4, 0.5) is 4.39 Å². The maximum atomic E-state index is 14.9. The van der Waals surface area contributed by atoms with Gasteiger partial charge >= 0.3 is 0 Å². The predicted octanol–water partition coefficient (Wildman–Crippen LogP) is 6.19. The summed E-state index contributed by atoms with van der Waals surface area (Å²) in [4.78, 5) is 30.0. The van der Waals surface area contributed by atoms with E-state index in [-0.39, 0.29) is 23.4 Å². The minimum Gasteiger partial charge on any atom is -0.507 e. The minimum atomic E-state index is -0.994. The topological polar surface area (TPSA) is 60.9 Å². The second kappa shape index (κ2) is 12.8. The molecule has 1 saturated heterocycles. The lowest BCUT2D eigenvalue weighted by Crippen LogP contribution is -2.34. The van der Waals surface area contributed by atoms with E-state index in [0.29, 0.717) is 17.0 Å². The lowest BCUT2D eigenvalue weighted by molar-refractivity contribution is -0.140. The second-order valence-electron chi connectivity index (χ2n) is 8.92. The van der Waals surface area contributed by atoms with Crippen LogP contribution >= 0.6 is 11.6 Å². The fourth-order valence-corrected chi connectivity index (χ4v) is 4.58. The van der Waals surface area contributed by atoms with E-state index in [1.54, 1.807) is 42.5 Å². The number of Topliss-reactive ketones (excluding diaryl/α,β-unsaturated/α-hetero) is 1. The number of unbranched alkanes of at least 4 members (excludes halogenated alkanes) is 2. The number of ketones is 1. The van der Waals surface area contributed by atoms with Gasteiger partial charge in [-0.3, -0.25) is 9.59 Å². The van der Waals surface area contributed by atoms with E-state index in [0.717, 1.165) is 45.3 Å². The van der Waals surface area contributed by atoms with Gasteiger partial charge in [0.1, 0.15) is 11.6 Å². The summed E-state index contributed by atoms with van der Waals surface area (Å²) < 4.78 is 14.9. The van der Waals surface area contributed by atoms with E-state index in [9.17, 15) is 19.1 Å². The number of carbonyl (C=O) groups is 2. The van der Waals surface area contributed by atoms with Gasteiger partial charge in [-0.25, -0.2) is 4.39 Å². The number of carbonyl (C=O) groups excluding carboxylic acids is 2. The van der Waals surface area contributed by atoms with Crippen molar-refractivity contribution in [3.8, 4) is 0 Å². The van der Waals surface area contributed by atoms with E-state index < -0.39 is 23.5 Å².